The van der Waals surface area contributed by atoms with Gasteiger partial charge < -0.3 is 4.90 Å². The van der Waals surface area contributed by atoms with Crippen LogP contribution in [0.4, 0.5) is 0 Å². The molecule has 1 saturated heterocycles. The maximum absolute atomic E-state index is 5.67. The molecule has 3 aromatic rings. The van der Waals surface area contributed by atoms with E-state index in [0.29, 0.717) is 10.8 Å². The monoisotopic (exact) mass is 372 g/mol. The molecule has 1 fully saturated rings. The molecule has 3 heterocycles. The van der Waals surface area contributed by atoms with Crippen molar-refractivity contribution in [3.05, 3.63) is 56.5 Å². The minimum Gasteiger partial charge on any atom is -0.309 e. The molecular formula is C18H22N5S2+. The molecule has 0 aliphatic carbocycles. The average molecular weight is 373 g/mol. The van der Waals surface area contributed by atoms with Crippen LogP contribution in [0.15, 0.2) is 35.7 Å². The van der Waals surface area contributed by atoms with E-state index in [1.54, 1.807) is 4.68 Å². The van der Waals surface area contributed by atoms with Crippen molar-refractivity contribution >= 4 is 23.6 Å². The number of nitrogens with zero attached hydrogens (tertiary/aromatic N) is 4. The first-order chi connectivity index (χ1) is 12.1. The van der Waals surface area contributed by atoms with Crippen LogP contribution in [0.3, 0.4) is 0 Å². The van der Waals surface area contributed by atoms with Gasteiger partial charge in [0, 0.05) is 12.8 Å². The molecule has 2 aromatic heterocycles. The molecular weight excluding hydrogens is 350 g/mol. The Morgan fingerprint density at radius 1 is 1.24 bits per heavy atom. The number of hydrogen-bond acceptors (Lipinski definition) is 4. The highest BCUT2D eigenvalue weighted by molar-refractivity contribution is 7.71. The summed E-state index contributed by atoms with van der Waals surface area (Å²) in [7, 11) is 0. The van der Waals surface area contributed by atoms with Gasteiger partial charge in [-0.2, -0.15) is 9.36 Å². The topological polar surface area (TPSA) is 40.1 Å². The van der Waals surface area contributed by atoms with Gasteiger partial charge in [0.05, 0.1) is 17.1 Å². The molecule has 4 rings (SSSR count). The summed E-state index contributed by atoms with van der Waals surface area (Å²) in [6.45, 7) is 6.13. The summed E-state index contributed by atoms with van der Waals surface area (Å²) in [5.74, 6) is 0. The summed E-state index contributed by atoms with van der Waals surface area (Å²) in [6.07, 6.45) is 2.48. The molecule has 0 saturated carbocycles. The number of thiophene rings is 1. The molecule has 1 aliphatic heterocycles. The van der Waals surface area contributed by atoms with Gasteiger partial charge >= 0.3 is 0 Å². The van der Waals surface area contributed by atoms with Gasteiger partial charge in [-0.3, -0.25) is 0 Å². The summed E-state index contributed by atoms with van der Waals surface area (Å²) in [4.78, 5) is 2.98. The molecule has 7 heteroatoms. The SMILES string of the molecule is Cc1cccc(-n2nnn(C[NH+]3CCC[C@H]3c3cccs3)c2=S)c1C. The Hall–Kier alpha value is -1.83. The average Bonchev–Trinajstić information content (AvgIpc) is 3.33. The molecule has 0 spiro atoms. The fourth-order valence-electron chi connectivity index (χ4n) is 3.62. The van der Waals surface area contributed by atoms with E-state index >= 15 is 0 Å². The third-order valence-corrected chi connectivity index (χ3v) is 6.54. The molecule has 1 aliphatic rings. The van der Waals surface area contributed by atoms with E-state index in [2.05, 4.69) is 47.9 Å². The first kappa shape index (κ1) is 16.6. The van der Waals surface area contributed by atoms with E-state index in [0.717, 1.165) is 18.9 Å². The number of aromatic nitrogens is 4. The first-order valence-electron chi connectivity index (χ1n) is 8.62. The molecule has 0 radical (unpaired) electrons. The summed E-state index contributed by atoms with van der Waals surface area (Å²) in [5, 5.41) is 10.8. The number of hydrogen-bond donors (Lipinski definition) is 1. The Labute approximate surface area is 156 Å². The van der Waals surface area contributed by atoms with Gasteiger partial charge in [-0.25, -0.2) is 0 Å². The number of aryl methyl sites for hydroxylation is 1. The van der Waals surface area contributed by atoms with Crippen LogP contribution in [0, 0.1) is 18.6 Å². The maximum Gasteiger partial charge on any atom is 0.225 e. The molecule has 1 unspecified atom stereocenters. The van der Waals surface area contributed by atoms with Crippen molar-refractivity contribution in [2.24, 2.45) is 0 Å². The Bertz CT molecular complexity index is 925. The number of nitrogens with one attached hydrogen (secondary N) is 1. The Morgan fingerprint density at radius 2 is 2.12 bits per heavy atom. The van der Waals surface area contributed by atoms with Gasteiger partial charge in [0.1, 0.15) is 6.04 Å². The van der Waals surface area contributed by atoms with Crippen molar-refractivity contribution < 1.29 is 4.90 Å². The van der Waals surface area contributed by atoms with Crippen molar-refractivity contribution in [2.45, 2.75) is 39.4 Å². The van der Waals surface area contributed by atoms with Crippen molar-refractivity contribution in [3.8, 4) is 5.69 Å². The lowest BCUT2D eigenvalue weighted by Gasteiger charge is -2.19. The minimum atomic E-state index is 0.549. The fraction of sp³-hybridized carbons (Fsp3) is 0.389. The summed E-state index contributed by atoms with van der Waals surface area (Å²) >= 11 is 7.52. The normalized spacial score (nSPS) is 20.2. The molecule has 5 nitrogen and oxygen atoms in total. The Balaban J connectivity index is 1.62. The lowest BCUT2D eigenvalue weighted by Crippen LogP contribution is -3.09. The van der Waals surface area contributed by atoms with Gasteiger partial charge in [0.2, 0.25) is 4.77 Å². The van der Waals surface area contributed by atoms with Crippen LogP contribution in [-0.4, -0.2) is 26.3 Å². The fourth-order valence-corrected chi connectivity index (χ4v) is 4.77. The minimum absolute atomic E-state index is 0.549. The van der Waals surface area contributed by atoms with Gasteiger partial charge in [0.15, 0.2) is 6.67 Å². The quantitative estimate of drug-likeness (QED) is 0.716. The predicted octanol–water partition coefficient (Wildman–Crippen LogP) is 2.85. The van der Waals surface area contributed by atoms with Gasteiger partial charge in [0.25, 0.3) is 0 Å². The molecule has 1 aromatic carbocycles. The number of benzene rings is 1. The Kier molecular flexibility index (Phi) is 4.54. The predicted molar refractivity (Wildman–Crippen MR) is 102 cm³/mol. The highest BCUT2D eigenvalue weighted by atomic mass is 32.1. The highest BCUT2D eigenvalue weighted by Gasteiger charge is 2.31. The smallest absolute Gasteiger partial charge is 0.225 e. The van der Waals surface area contributed by atoms with E-state index in [4.69, 9.17) is 12.2 Å². The van der Waals surface area contributed by atoms with Crippen molar-refractivity contribution in [1.82, 2.24) is 19.8 Å². The van der Waals surface area contributed by atoms with Gasteiger partial charge in [-0.1, -0.05) is 18.2 Å². The van der Waals surface area contributed by atoms with Crippen LogP contribution in [0.2, 0.25) is 0 Å². The molecule has 25 heavy (non-hydrogen) atoms. The van der Waals surface area contributed by atoms with E-state index in [-0.39, 0.29) is 0 Å². The second kappa shape index (κ2) is 6.82. The van der Waals surface area contributed by atoms with Crippen LogP contribution >= 0.6 is 23.6 Å². The zero-order chi connectivity index (χ0) is 17.4. The Morgan fingerprint density at radius 3 is 2.92 bits per heavy atom. The molecule has 2 atom stereocenters. The number of rotatable bonds is 4. The summed E-state index contributed by atoms with van der Waals surface area (Å²) in [6, 6.07) is 11.1. The molecule has 0 bridgehead atoms. The van der Waals surface area contributed by atoms with E-state index in [9.17, 15) is 0 Å². The third kappa shape index (κ3) is 3.07. The first-order valence-corrected chi connectivity index (χ1v) is 9.91. The molecule has 130 valence electrons. The highest BCUT2D eigenvalue weighted by Crippen LogP contribution is 2.23. The van der Waals surface area contributed by atoms with Crippen molar-refractivity contribution in [2.75, 3.05) is 6.54 Å². The van der Waals surface area contributed by atoms with Crippen LogP contribution in [0.1, 0.15) is 34.9 Å². The van der Waals surface area contributed by atoms with Crippen molar-refractivity contribution in [1.29, 1.82) is 0 Å². The lowest BCUT2D eigenvalue weighted by molar-refractivity contribution is -0.941. The third-order valence-electron chi connectivity index (χ3n) is 5.17. The van der Waals surface area contributed by atoms with E-state index in [1.165, 1.54) is 33.7 Å². The lowest BCUT2D eigenvalue weighted by atomic mass is 10.1. The summed E-state index contributed by atoms with van der Waals surface area (Å²) in [5.41, 5.74) is 3.44. The second-order valence-electron chi connectivity index (χ2n) is 6.67. The van der Waals surface area contributed by atoms with Crippen molar-refractivity contribution in [3.63, 3.8) is 0 Å². The van der Waals surface area contributed by atoms with Crippen LogP contribution < -0.4 is 4.90 Å². The number of quaternary nitrogens is 1. The van der Waals surface area contributed by atoms with Gasteiger partial charge in [-0.05, 0) is 65.1 Å². The van der Waals surface area contributed by atoms with Crippen LogP contribution in [0.5, 0.6) is 0 Å². The zero-order valence-electron chi connectivity index (χ0n) is 14.5. The zero-order valence-corrected chi connectivity index (χ0v) is 16.1. The standard InChI is InChI=1S/C18H21N5S2/c1-13-6-3-7-15(14(13)2)23-18(24)22(19-20-23)12-21-10-4-8-16(21)17-9-5-11-25-17/h3,5-7,9,11,16H,4,8,10,12H2,1-2H3/p+1/t16-/m0/s1. The van der Waals surface area contributed by atoms with E-state index < -0.39 is 0 Å². The van der Waals surface area contributed by atoms with Gasteiger partial charge in [-0.15, -0.1) is 11.3 Å². The molecule has 0 amide bonds. The van der Waals surface area contributed by atoms with E-state index in [1.807, 2.05) is 28.2 Å². The van der Waals surface area contributed by atoms with Crippen LogP contribution in [-0.2, 0) is 6.67 Å². The number of tetrazole rings is 1. The van der Waals surface area contributed by atoms with Crippen LogP contribution in [0.25, 0.3) is 5.69 Å². The summed E-state index contributed by atoms with van der Waals surface area (Å²) < 4.78 is 4.32. The second-order valence-corrected chi connectivity index (χ2v) is 8.01. The maximum atomic E-state index is 5.67. The molecule has 1 N–H and O–H groups in total. The largest absolute Gasteiger partial charge is 0.309 e. The number of likely N-dealkylation sites (tertiary alicyclic amines) is 1.